The second-order valence-corrected chi connectivity index (χ2v) is 3.36. The maximum atomic E-state index is 11.2. The molecule has 14 heavy (non-hydrogen) atoms. The number of carbonyl (C=O) groups is 3. The van der Waals surface area contributed by atoms with Gasteiger partial charge in [0, 0.05) is 13.1 Å². The molecule has 0 aromatic rings. The maximum absolute atomic E-state index is 11.2. The van der Waals surface area contributed by atoms with Crippen molar-refractivity contribution in [3.05, 3.63) is 0 Å². The number of carboxylic acid groups (broad SMARTS) is 1. The highest BCUT2D eigenvalue weighted by molar-refractivity contribution is 6.42. The Morgan fingerprint density at radius 1 is 1.57 bits per heavy atom. The number of unbranched alkanes of at least 4 members (excludes halogenated alkanes) is 1. The topological polar surface area (TPSA) is 74.7 Å². The van der Waals surface area contributed by atoms with Crippen LogP contribution in [-0.2, 0) is 14.4 Å². The third kappa shape index (κ3) is 1.92. The number of amides is 1. The van der Waals surface area contributed by atoms with Crippen LogP contribution in [0.2, 0.25) is 0 Å². The van der Waals surface area contributed by atoms with Gasteiger partial charge < -0.3 is 10.0 Å². The smallest absolute Gasteiger partial charge is 0.316 e. The molecule has 0 aromatic carbocycles. The summed E-state index contributed by atoms with van der Waals surface area (Å²) in [5, 5.41) is 8.64. The molecule has 0 unspecified atom stereocenters. The molecule has 78 valence electrons. The zero-order chi connectivity index (χ0) is 10.7. The number of hydrogen-bond acceptors (Lipinski definition) is 3. The second kappa shape index (κ2) is 4.21. The minimum Gasteiger partial charge on any atom is -0.481 e. The minimum atomic E-state index is -1.21. The molecular formula is C9H13NO4. The number of carbonyl (C=O) groups excluding carboxylic acids is 2. The Balaban J connectivity index is 2.62. The monoisotopic (exact) mass is 199 g/mol. The van der Waals surface area contributed by atoms with Gasteiger partial charge in [-0.25, -0.2) is 0 Å². The van der Waals surface area contributed by atoms with E-state index < -0.39 is 23.6 Å². The lowest BCUT2D eigenvalue weighted by atomic mass is 10.1. The lowest BCUT2D eigenvalue weighted by Crippen LogP contribution is -2.28. The number of rotatable bonds is 4. The van der Waals surface area contributed by atoms with Crippen molar-refractivity contribution in [2.24, 2.45) is 5.92 Å². The Morgan fingerprint density at radius 2 is 2.21 bits per heavy atom. The summed E-state index contributed by atoms with van der Waals surface area (Å²) >= 11 is 0. The Hall–Kier alpha value is -1.39. The molecule has 0 radical (unpaired) electrons. The van der Waals surface area contributed by atoms with Gasteiger partial charge in [0.05, 0.1) is 0 Å². The Labute approximate surface area is 81.7 Å². The van der Waals surface area contributed by atoms with E-state index in [4.69, 9.17) is 5.11 Å². The number of ketones is 1. The van der Waals surface area contributed by atoms with Crippen LogP contribution < -0.4 is 0 Å². The predicted molar refractivity (Wildman–Crippen MR) is 47.6 cm³/mol. The highest BCUT2D eigenvalue weighted by Crippen LogP contribution is 2.14. The number of carboxylic acids is 1. The van der Waals surface area contributed by atoms with Gasteiger partial charge in [0.2, 0.25) is 5.78 Å². The summed E-state index contributed by atoms with van der Waals surface area (Å²) in [5.74, 6) is -3.79. The highest BCUT2D eigenvalue weighted by atomic mass is 16.4. The van der Waals surface area contributed by atoms with Crippen LogP contribution >= 0.6 is 0 Å². The first-order valence-corrected chi connectivity index (χ1v) is 4.63. The zero-order valence-corrected chi connectivity index (χ0v) is 8.02. The Morgan fingerprint density at radius 3 is 2.64 bits per heavy atom. The molecule has 0 spiro atoms. The fourth-order valence-electron chi connectivity index (χ4n) is 1.42. The van der Waals surface area contributed by atoms with Crippen molar-refractivity contribution in [1.82, 2.24) is 4.90 Å². The number of hydrogen-bond donors (Lipinski definition) is 1. The number of Topliss-reactive ketones (excluding diaryl/α,β-unsaturated/α-hetero) is 1. The van der Waals surface area contributed by atoms with Crippen LogP contribution in [0.3, 0.4) is 0 Å². The molecule has 1 aliphatic heterocycles. The molecule has 1 amide bonds. The van der Waals surface area contributed by atoms with Gasteiger partial charge in [0.1, 0.15) is 5.92 Å². The standard InChI is InChI=1S/C9H13NO4/c1-2-3-4-10-5-6(9(13)14)7(11)8(10)12/h6H,2-5H2,1H3,(H,13,14)/t6-/m0/s1. The van der Waals surface area contributed by atoms with Gasteiger partial charge in [-0.05, 0) is 6.42 Å². The van der Waals surface area contributed by atoms with Crippen LogP contribution in [0.25, 0.3) is 0 Å². The summed E-state index contributed by atoms with van der Waals surface area (Å²) in [5.41, 5.74) is 0. The van der Waals surface area contributed by atoms with Crippen LogP contribution in [0.15, 0.2) is 0 Å². The molecule has 0 bridgehead atoms. The van der Waals surface area contributed by atoms with E-state index in [1.807, 2.05) is 6.92 Å². The fourth-order valence-corrected chi connectivity index (χ4v) is 1.42. The van der Waals surface area contributed by atoms with Gasteiger partial charge in [-0.2, -0.15) is 0 Å². The van der Waals surface area contributed by atoms with E-state index in [1.165, 1.54) is 4.90 Å². The third-order valence-electron chi connectivity index (χ3n) is 2.30. The summed E-state index contributed by atoms with van der Waals surface area (Å²) < 4.78 is 0. The van der Waals surface area contributed by atoms with E-state index >= 15 is 0 Å². The van der Waals surface area contributed by atoms with E-state index in [2.05, 4.69) is 0 Å². The molecule has 1 saturated heterocycles. The maximum Gasteiger partial charge on any atom is 0.316 e. The quantitative estimate of drug-likeness (QED) is 0.506. The molecule has 1 rings (SSSR count). The van der Waals surface area contributed by atoms with Gasteiger partial charge >= 0.3 is 5.97 Å². The van der Waals surface area contributed by atoms with Crippen molar-refractivity contribution in [3.8, 4) is 0 Å². The zero-order valence-electron chi connectivity index (χ0n) is 8.02. The average molecular weight is 199 g/mol. The molecule has 1 atom stereocenters. The first-order chi connectivity index (χ1) is 6.57. The molecule has 0 aromatic heterocycles. The van der Waals surface area contributed by atoms with Crippen molar-refractivity contribution in [3.63, 3.8) is 0 Å². The minimum absolute atomic E-state index is 0.0347. The molecule has 1 N–H and O–H groups in total. The molecule has 1 aliphatic rings. The highest BCUT2D eigenvalue weighted by Gasteiger charge is 2.42. The average Bonchev–Trinajstić information content (AvgIpc) is 2.42. The lowest BCUT2D eigenvalue weighted by molar-refractivity contribution is -0.147. The molecule has 5 heteroatoms. The van der Waals surface area contributed by atoms with Gasteiger partial charge in [0.15, 0.2) is 0 Å². The Kier molecular flexibility index (Phi) is 3.22. The summed E-state index contributed by atoms with van der Waals surface area (Å²) in [4.78, 5) is 34.3. The summed E-state index contributed by atoms with van der Waals surface area (Å²) in [7, 11) is 0. The fraction of sp³-hybridized carbons (Fsp3) is 0.667. The van der Waals surface area contributed by atoms with E-state index in [1.54, 1.807) is 0 Å². The number of likely N-dealkylation sites (tertiary alicyclic amines) is 1. The lowest BCUT2D eigenvalue weighted by Gasteiger charge is -2.13. The molecule has 0 aliphatic carbocycles. The second-order valence-electron chi connectivity index (χ2n) is 3.36. The molecule has 0 saturated carbocycles. The van der Waals surface area contributed by atoms with Crippen LogP contribution in [0.4, 0.5) is 0 Å². The van der Waals surface area contributed by atoms with Crippen molar-refractivity contribution in [2.45, 2.75) is 19.8 Å². The first kappa shape index (κ1) is 10.7. The normalized spacial score (nSPS) is 21.8. The van der Waals surface area contributed by atoms with Crippen molar-refractivity contribution in [2.75, 3.05) is 13.1 Å². The van der Waals surface area contributed by atoms with Crippen molar-refractivity contribution < 1.29 is 19.5 Å². The molecule has 1 heterocycles. The summed E-state index contributed by atoms with van der Waals surface area (Å²) in [6.07, 6.45) is 1.71. The van der Waals surface area contributed by atoms with Crippen LogP contribution in [-0.4, -0.2) is 40.8 Å². The molecule has 1 fully saturated rings. The van der Waals surface area contributed by atoms with Gasteiger partial charge in [0.25, 0.3) is 5.91 Å². The van der Waals surface area contributed by atoms with E-state index in [0.29, 0.717) is 6.54 Å². The SMILES string of the molecule is CCCCN1C[C@H](C(=O)O)C(=O)C1=O. The predicted octanol–water partition coefficient (Wildman–Crippen LogP) is -0.101. The van der Waals surface area contributed by atoms with Crippen LogP contribution in [0.1, 0.15) is 19.8 Å². The van der Waals surface area contributed by atoms with Crippen LogP contribution in [0, 0.1) is 5.92 Å². The number of nitrogens with zero attached hydrogens (tertiary/aromatic N) is 1. The largest absolute Gasteiger partial charge is 0.481 e. The van der Waals surface area contributed by atoms with Gasteiger partial charge in [-0.15, -0.1) is 0 Å². The Bertz CT molecular complexity index is 274. The molecular weight excluding hydrogens is 186 g/mol. The number of aliphatic carboxylic acids is 1. The van der Waals surface area contributed by atoms with E-state index in [9.17, 15) is 14.4 Å². The van der Waals surface area contributed by atoms with Crippen molar-refractivity contribution >= 4 is 17.7 Å². The van der Waals surface area contributed by atoms with Gasteiger partial charge in [-0.3, -0.25) is 14.4 Å². The summed E-state index contributed by atoms with van der Waals surface area (Å²) in [6, 6.07) is 0. The van der Waals surface area contributed by atoms with Crippen LogP contribution in [0.5, 0.6) is 0 Å². The van der Waals surface area contributed by atoms with E-state index in [0.717, 1.165) is 12.8 Å². The van der Waals surface area contributed by atoms with Crippen molar-refractivity contribution in [1.29, 1.82) is 0 Å². The summed E-state index contributed by atoms with van der Waals surface area (Å²) in [6.45, 7) is 2.48. The third-order valence-corrected chi connectivity index (χ3v) is 2.30. The van der Waals surface area contributed by atoms with Gasteiger partial charge in [-0.1, -0.05) is 13.3 Å². The first-order valence-electron chi connectivity index (χ1n) is 4.63. The molecule has 5 nitrogen and oxygen atoms in total. The van der Waals surface area contributed by atoms with E-state index in [-0.39, 0.29) is 6.54 Å².